The second kappa shape index (κ2) is 11.8. The highest BCUT2D eigenvalue weighted by atomic mass is 16.6. The maximum Gasteiger partial charge on any atom is 0.634 e. The molecule has 0 unspecified atom stereocenters. The summed E-state index contributed by atoms with van der Waals surface area (Å²) in [6, 6.07) is 45.6. The summed E-state index contributed by atoms with van der Waals surface area (Å²) in [7, 11) is 0.877. The molecule has 7 aromatic carbocycles. The number of phenols is 1. The molecule has 0 aromatic heterocycles. The Morgan fingerprint density at radius 3 is 1.65 bits per heavy atom. The molecule has 1 aliphatic heterocycles. The summed E-state index contributed by atoms with van der Waals surface area (Å²) in [6.07, 6.45) is 0. The number of aromatic hydroxyl groups is 1. The molecular weight excluding hydrogens is 574 g/mol. The number of rotatable bonds is 8. The average Bonchev–Trinajstić information content (AvgIpc) is 3.53. The van der Waals surface area contributed by atoms with Gasteiger partial charge in [-0.05, 0) is 76.9 Å². The summed E-state index contributed by atoms with van der Waals surface area (Å²) >= 11 is 0. The molecule has 1 N–H and O–H groups in total. The van der Waals surface area contributed by atoms with Crippen molar-refractivity contribution in [2.45, 2.75) is 0 Å². The maximum absolute atomic E-state index is 10.5. The zero-order chi connectivity index (χ0) is 30.9. The smallest absolute Gasteiger partial charge is 0.555 e. The Morgan fingerprint density at radius 1 is 0.500 bits per heavy atom. The standard InChI is InChI=1S/C38H25B2O6/c41-29-19-7-8-20-30(29)44-39-37-27-17-11-24-34(43-26-15-5-2-6-16-26)36(27)38(40-45-31-21-9-10-22-32(31)46-40)28-18-12-23-33(35(28)37)42-25-13-3-1-4-14-25/h1-24,41H. The van der Waals surface area contributed by atoms with E-state index in [-0.39, 0.29) is 5.75 Å². The number of para-hydroxylation sites is 6. The molecule has 0 fully saturated rings. The van der Waals surface area contributed by atoms with E-state index in [2.05, 4.69) is 0 Å². The van der Waals surface area contributed by atoms with Crippen molar-refractivity contribution in [1.29, 1.82) is 0 Å². The highest BCUT2D eigenvalue weighted by Gasteiger charge is 2.39. The van der Waals surface area contributed by atoms with Crippen LogP contribution in [-0.2, 0) is 0 Å². The van der Waals surface area contributed by atoms with Crippen LogP contribution in [0.5, 0.6) is 46.0 Å². The fourth-order valence-corrected chi connectivity index (χ4v) is 5.80. The number of hydrogen-bond donors (Lipinski definition) is 1. The van der Waals surface area contributed by atoms with Gasteiger partial charge >= 0.3 is 14.6 Å². The summed E-state index contributed by atoms with van der Waals surface area (Å²) in [5.41, 5.74) is 1.52. The lowest BCUT2D eigenvalue weighted by molar-refractivity contribution is 0.444. The minimum Gasteiger partial charge on any atom is -0.555 e. The van der Waals surface area contributed by atoms with Gasteiger partial charge in [-0.1, -0.05) is 84.9 Å². The van der Waals surface area contributed by atoms with E-state index in [1.807, 2.05) is 127 Å². The topological polar surface area (TPSA) is 66.4 Å². The lowest BCUT2D eigenvalue weighted by atomic mass is 9.68. The fourth-order valence-electron chi connectivity index (χ4n) is 5.80. The van der Waals surface area contributed by atoms with E-state index in [9.17, 15) is 5.11 Å². The van der Waals surface area contributed by atoms with Crippen LogP contribution in [0, 0.1) is 0 Å². The zero-order valence-corrected chi connectivity index (χ0v) is 24.5. The summed E-state index contributed by atoms with van der Waals surface area (Å²) < 4.78 is 32.2. The number of fused-ring (bicyclic) bond motifs is 3. The van der Waals surface area contributed by atoms with Crippen LogP contribution in [0.15, 0.2) is 146 Å². The molecule has 7 aromatic rings. The Hall–Kier alpha value is -6.01. The Morgan fingerprint density at radius 2 is 1.02 bits per heavy atom. The van der Waals surface area contributed by atoms with Gasteiger partial charge < -0.3 is 28.5 Å². The molecule has 1 aliphatic rings. The molecular formula is C38H25B2O6. The maximum atomic E-state index is 10.5. The number of phenolic OH excluding ortho intramolecular Hbond substituents is 1. The monoisotopic (exact) mass is 599 g/mol. The quantitative estimate of drug-likeness (QED) is 0.142. The molecule has 8 heteroatoms. The second-order valence-electron chi connectivity index (χ2n) is 10.7. The van der Waals surface area contributed by atoms with Crippen molar-refractivity contribution in [3.05, 3.63) is 146 Å². The van der Waals surface area contributed by atoms with Crippen LogP contribution in [0.25, 0.3) is 21.5 Å². The van der Waals surface area contributed by atoms with Gasteiger partial charge in [0.15, 0.2) is 5.75 Å². The molecule has 0 bridgehead atoms. The zero-order valence-electron chi connectivity index (χ0n) is 24.5. The first-order chi connectivity index (χ1) is 22.7. The van der Waals surface area contributed by atoms with Gasteiger partial charge in [0.05, 0.1) is 0 Å². The van der Waals surface area contributed by atoms with Gasteiger partial charge in [-0.15, -0.1) is 0 Å². The van der Waals surface area contributed by atoms with Gasteiger partial charge in [0.25, 0.3) is 0 Å². The SMILES string of the molecule is Oc1ccccc1O[B]c1c2cccc(Oc3ccccc3)c2c(B2Oc3ccccc3O2)c2cccc(Oc3ccccc3)c12. The van der Waals surface area contributed by atoms with Gasteiger partial charge in [-0.3, -0.25) is 0 Å². The van der Waals surface area contributed by atoms with Crippen LogP contribution < -0.4 is 34.4 Å². The minimum absolute atomic E-state index is 0.0309. The largest absolute Gasteiger partial charge is 0.634 e. The Labute approximate surface area is 266 Å². The lowest BCUT2D eigenvalue weighted by Crippen LogP contribution is -2.42. The summed E-state index contributed by atoms with van der Waals surface area (Å²) in [5, 5.41) is 13.7. The van der Waals surface area contributed by atoms with Gasteiger partial charge in [-0.2, -0.15) is 0 Å². The molecule has 1 radical (unpaired) electrons. The summed E-state index contributed by atoms with van der Waals surface area (Å²) in [4.78, 5) is 0. The van der Waals surface area contributed by atoms with Crippen molar-refractivity contribution < 1.29 is 28.5 Å². The third-order valence-electron chi connectivity index (χ3n) is 7.84. The first-order valence-corrected chi connectivity index (χ1v) is 14.9. The van der Waals surface area contributed by atoms with E-state index < -0.39 is 7.12 Å². The molecule has 0 atom stereocenters. The molecule has 6 nitrogen and oxygen atoms in total. The van der Waals surface area contributed by atoms with E-state index in [0.29, 0.717) is 40.2 Å². The van der Waals surface area contributed by atoms with Crippen molar-refractivity contribution >= 4 is 47.1 Å². The highest BCUT2D eigenvalue weighted by Crippen LogP contribution is 2.39. The van der Waals surface area contributed by atoms with Crippen molar-refractivity contribution in [1.82, 2.24) is 0 Å². The molecule has 0 amide bonds. The number of ether oxygens (including phenoxy) is 2. The van der Waals surface area contributed by atoms with Gasteiger partial charge in [0, 0.05) is 16.2 Å². The predicted molar refractivity (Wildman–Crippen MR) is 182 cm³/mol. The number of hydrogen-bond acceptors (Lipinski definition) is 6. The lowest BCUT2D eigenvalue weighted by Gasteiger charge is -2.21. The number of benzene rings is 7. The predicted octanol–water partition coefficient (Wildman–Crippen LogP) is 7.77. The molecule has 0 saturated heterocycles. The fraction of sp³-hybridized carbons (Fsp3) is 0. The van der Waals surface area contributed by atoms with E-state index in [1.54, 1.807) is 25.7 Å². The third-order valence-corrected chi connectivity index (χ3v) is 7.84. The normalized spacial score (nSPS) is 11.9. The van der Waals surface area contributed by atoms with Crippen molar-refractivity contribution in [2.24, 2.45) is 0 Å². The van der Waals surface area contributed by atoms with E-state index in [0.717, 1.165) is 32.5 Å². The molecule has 219 valence electrons. The van der Waals surface area contributed by atoms with E-state index in [4.69, 9.17) is 23.4 Å². The molecule has 0 aliphatic carbocycles. The van der Waals surface area contributed by atoms with Gasteiger partial charge in [0.1, 0.15) is 40.2 Å². The Kier molecular flexibility index (Phi) is 7.08. The Balaban J connectivity index is 1.40. The van der Waals surface area contributed by atoms with E-state index >= 15 is 0 Å². The van der Waals surface area contributed by atoms with Crippen LogP contribution in [0.2, 0.25) is 0 Å². The Bertz CT molecular complexity index is 2170. The second-order valence-corrected chi connectivity index (χ2v) is 10.7. The van der Waals surface area contributed by atoms with Gasteiger partial charge in [0.2, 0.25) is 0 Å². The molecule has 0 spiro atoms. The highest BCUT2D eigenvalue weighted by molar-refractivity contribution is 6.72. The van der Waals surface area contributed by atoms with Crippen LogP contribution >= 0.6 is 0 Å². The van der Waals surface area contributed by atoms with Crippen LogP contribution in [-0.4, -0.2) is 19.7 Å². The molecule has 8 rings (SSSR count). The summed E-state index contributed by atoms with van der Waals surface area (Å²) in [6.45, 7) is 0. The minimum atomic E-state index is -0.775. The van der Waals surface area contributed by atoms with Crippen molar-refractivity contribution in [3.63, 3.8) is 0 Å². The third kappa shape index (κ3) is 5.10. The van der Waals surface area contributed by atoms with E-state index in [1.165, 1.54) is 0 Å². The van der Waals surface area contributed by atoms with Crippen molar-refractivity contribution in [2.75, 3.05) is 0 Å². The van der Waals surface area contributed by atoms with Crippen molar-refractivity contribution in [3.8, 4) is 46.0 Å². The van der Waals surface area contributed by atoms with Gasteiger partial charge in [-0.25, -0.2) is 0 Å². The molecule has 0 saturated carbocycles. The average molecular weight is 599 g/mol. The first-order valence-electron chi connectivity index (χ1n) is 14.9. The first kappa shape index (κ1) is 27.5. The van der Waals surface area contributed by atoms with Crippen LogP contribution in [0.3, 0.4) is 0 Å². The molecule has 1 heterocycles. The van der Waals surface area contributed by atoms with Crippen LogP contribution in [0.4, 0.5) is 0 Å². The summed E-state index contributed by atoms with van der Waals surface area (Å²) in [5.74, 6) is 4.28. The molecule has 46 heavy (non-hydrogen) atoms. The van der Waals surface area contributed by atoms with Crippen LogP contribution in [0.1, 0.15) is 0 Å².